The molecule has 5 aromatic rings. The molecule has 0 saturated carbocycles. The third-order valence-corrected chi connectivity index (χ3v) is 10.6. The van der Waals surface area contributed by atoms with Crippen LogP contribution in [0.2, 0.25) is 0 Å². The zero-order valence-corrected chi connectivity index (χ0v) is 28.7. The molecule has 0 fully saturated rings. The van der Waals surface area contributed by atoms with Crippen LogP contribution in [0.25, 0.3) is 11.1 Å². The molecule has 0 spiro atoms. The highest BCUT2D eigenvalue weighted by molar-refractivity contribution is 7.15. The Morgan fingerprint density at radius 1 is 1.02 bits per heavy atom. The Kier molecular flexibility index (Phi) is 8.49. The zero-order valence-electron chi connectivity index (χ0n) is 27.1. The number of nitrogens with zero attached hydrogens (tertiary/aromatic N) is 4. The fourth-order valence-electron chi connectivity index (χ4n) is 5.96. The lowest BCUT2D eigenvalue weighted by Crippen LogP contribution is -2.40. The number of methoxy groups -OCH3 is 2. The summed E-state index contributed by atoms with van der Waals surface area (Å²) in [4.78, 5) is 34.7. The van der Waals surface area contributed by atoms with Gasteiger partial charge in [0, 0.05) is 33.6 Å². The van der Waals surface area contributed by atoms with Crippen LogP contribution in [-0.2, 0) is 4.79 Å². The first-order chi connectivity index (χ1) is 22.6. The highest BCUT2D eigenvalue weighted by Gasteiger charge is 2.34. The number of aromatic nitrogens is 2. The number of aryl methyl sites for hydroxylation is 2. The van der Waals surface area contributed by atoms with Gasteiger partial charge in [0.2, 0.25) is 0 Å². The van der Waals surface area contributed by atoms with E-state index in [0.29, 0.717) is 48.9 Å². The molecule has 9 nitrogen and oxygen atoms in total. The molecule has 11 heteroatoms. The molecule has 47 heavy (non-hydrogen) atoms. The third kappa shape index (κ3) is 5.49. The number of benzene rings is 2. The van der Waals surface area contributed by atoms with E-state index in [1.165, 1.54) is 11.3 Å². The van der Waals surface area contributed by atoms with Gasteiger partial charge < -0.3 is 19.4 Å². The molecule has 1 aliphatic rings. The number of carbonyl (C=O) groups excluding carboxylic acids is 1. The molecule has 0 unspecified atom stereocenters. The second kappa shape index (κ2) is 12.5. The van der Waals surface area contributed by atoms with Crippen molar-refractivity contribution < 1.29 is 14.3 Å². The van der Waals surface area contributed by atoms with Crippen LogP contribution in [0.5, 0.6) is 11.5 Å². The molecular formula is C36H33N5O4S2. The van der Waals surface area contributed by atoms with Gasteiger partial charge in [0.1, 0.15) is 28.6 Å². The average molecular weight is 664 g/mol. The van der Waals surface area contributed by atoms with Crippen molar-refractivity contribution in [3.63, 3.8) is 0 Å². The lowest BCUT2D eigenvalue weighted by molar-refractivity contribution is -0.113. The average Bonchev–Trinajstić information content (AvgIpc) is 3.63. The van der Waals surface area contributed by atoms with Gasteiger partial charge >= 0.3 is 0 Å². The number of carbonyl (C=O) groups is 1. The van der Waals surface area contributed by atoms with Gasteiger partial charge in [-0.05, 0) is 82.2 Å². The zero-order chi connectivity index (χ0) is 33.6. The van der Waals surface area contributed by atoms with E-state index in [-0.39, 0.29) is 11.5 Å². The largest absolute Gasteiger partial charge is 0.497 e. The summed E-state index contributed by atoms with van der Waals surface area (Å²) in [5, 5.41) is 13.8. The summed E-state index contributed by atoms with van der Waals surface area (Å²) in [6.45, 7) is 9.75. The fraction of sp³-hybridized carbons (Fsp3) is 0.222. The molecule has 3 aromatic heterocycles. The van der Waals surface area contributed by atoms with Gasteiger partial charge in [0.25, 0.3) is 11.5 Å². The Morgan fingerprint density at radius 3 is 2.45 bits per heavy atom. The number of para-hydroxylation sites is 1. The van der Waals surface area contributed by atoms with E-state index >= 15 is 0 Å². The molecule has 4 heterocycles. The molecule has 0 bridgehead atoms. The maximum absolute atomic E-state index is 14.4. The number of hydrogen-bond acceptors (Lipinski definition) is 8. The quantitative estimate of drug-likeness (QED) is 0.235. The van der Waals surface area contributed by atoms with E-state index in [2.05, 4.69) is 16.0 Å². The Balaban J connectivity index is 1.54. The monoisotopic (exact) mass is 663 g/mol. The topological polar surface area (TPSA) is 111 Å². The number of thiazole rings is 1. The number of amides is 1. The Labute approximate surface area is 280 Å². The number of ether oxygens (including phenoxy) is 2. The summed E-state index contributed by atoms with van der Waals surface area (Å²) in [7, 11) is 3.12. The highest BCUT2D eigenvalue weighted by atomic mass is 32.1. The number of nitriles is 1. The molecule has 6 rings (SSSR count). The molecule has 1 atom stereocenters. The predicted octanol–water partition coefficient (Wildman–Crippen LogP) is 5.85. The molecule has 2 aromatic carbocycles. The summed E-state index contributed by atoms with van der Waals surface area (Å²) in [5.41, 5.74) is 6.17. The van der Waals surface area contributed by atoms with Crippen molar-refractivity contribution in [1.29, 1.82) is 5.26 Å². The number of anilines is 1. The summed E-state index contributed by atoms with van der Waals surface area (Å²) >= 11 is 2.85. The van der Waals surface area contributed by atoms with Gasteiger partial charge in [-0.1, -0.05) is 29.5 Å². The van der Waals surface area contributed by atoms with Gasteiger partial charge in [-0.25, -0.2) is 4.99 Å². The molecule has 0 radical (unpaired) electrons. The van der Waals surface area contributed by atoms with E-state index in [1.807, 2.05) is 64.1 Å². The molecule has 1 amide bonds. The molecule has 0 aliphatic carbocycles. The lowest BCUT2D eigenvalue weighted by Gasteiger charge is -2.26. The maximum Gasteiger partial charge on any atom is 0.271 e. The van der Waals surface area contributed by atoms with Crippen LogP contribution in [0.1, 0.15) is 51.5 Å². The normalized spacial score (nSPS) is 14.4. The van der Waals surface area contributed by atoms with Crippen molar-refractivity contribution in [3.8, 4) is 22.6 Å². The van der Waals surface area contributed by atoms with Gasteiger partial charge in [-0.2, -0.15) is 5.26 Å². The Hall–Kier alpha value is -5.18. The van der Waals surface area contributed by atoms with Gasteiger partial charge in [-0.3, -0.25) is 14.2 Å². The van der Waals surface area contributed by atoms with Gasteiger partial charge in [0.05, 0.1) is 35.6 Å². The van der Waals surface area contributed by atoms with Crippen LogP contribution < -0.4 is 29.7 Å². The first-order valence-corrected chi connectivity index (χ1v) is 16.5. The van der Waals surface area contributed by atoms with Crippen LogP contribution in [-0.4, -0.2) is 29.3 Å². The molecule has 1 aliphatic heterocycles. The van der Waals surface area contributed by atoms with Gasteiger partial charge in [-0.15, -0.1) is 11.3 Å². The highest BCUT2D eigenvalue weighted by Crippen LogP contribution is 2.38. The van der Waals surface area contributed by atoms with E-state index in [4.69, 9.17) is 14.5 Å². The fourth-order valence-corrected chi connectivity index (χ4v) is 8.21. The minimum absolute atomic E-state index is 0.278. The van der Waals surface area contributed by atoms with Crippen LogP contribution in [0.4, 0.5) is 5.69 Å². The first-order valence-electron chi connectivity index (χ1n) is 14.9. The van der Waals surface area contributed by atoms with E-state index in [9.17, 15) is 14.9 Å². The first kappa shape index (κ1) is 31.8. The third-order valence-electron chi connectivity index (χ3n) is 8.47. The van der Waals surface area contributed by atoms with E-state index in [0.717, 1.165) is 32.4 Å². The number of thiophene rings is 1. The van der Waals surface area contributed by atoms with Crippen LogP contribution >= 0.6 is 22.7 Å². The van der Waals surface area contributed by atoms with Crippen LogP contribution in [0, 0.1) is 39.0 Å². The van der Waals surface area contributed by atoms with Gasteiger partial charge in [0.15, 0.2) is 4.80 Å². The number of nitrogens with one attached hydrogen (secondary N) is 1. The Morgan fingerprint density at radius 2 is 1.77 bits per heavy atom. The minimum atomic E-state index is -0.819. The molecule has 238 valence electrons. The van der Waals surface area contributed by atoms with E-state index < -0.39 is 6.04 Å². The molecule has 1 N–H and O–H groups in total. The van der Waals surface area contributed by atoms with E-state index in [1.54, 1.807) is 61.3 Å². The predicted molar refractivity (Wildman–Crippen MR) is 186 cm³/mol. The number of hydrogen-bond donors (Lipinski definition) is 1. The van der Waals surface area contributed by atoms with Crippen LogP contribution in [0.3, 0.4) is 0 Å². The van der Waals surface area contributed by atoms with Crippen molar-refractivity contribution in [2.24, 2.45) is 4.99 Å². The van der Waals surface area contributed by atoms with Crippen molar-refractivity contribution in [3.05, 3.63) is 124 Å². The van der Waals surface area contributed by atoms with Crippen molar-refractivity contribution in [2.75, 3.05) is 19.5 Å². The second-order valence-electron chi connectivity index (χ2n) is 11.2. The summed E-state index contributed by atoms with van der Waals surface area (Å²) in [5.74, 6) is 0.690. The molecular weight excluding hydrogens is 631 g/mol. The Bertz CT molecular complexity index is 2320. The summed E-state index contributed by atoms with van der Waals surface area (Å²) in [6.07, 6.45) is 1.87. The SMILES string of the molecule is COc1ccc([C@@H]2C(C(=O)Nc3ccccc3)=C(C)N=c3s/c(=C/c4cc(C)n(-c5sc(C)c(C)c5C#N)c4C)c(=O)n32)c(OC)c1. The standard InChI is InChI=1S/C36H33N5O4S2/c1-19-15-24(22(4)40(19)35-28(18-37)20(2)23(5)46-35)16-30-34(43)41-32(27-14-13-26(44-6)17-29(27)45-7)31(21(3)38-36(41)47-30)33(42)39-25-11-9-8-10-12-25/h8-17,32H,1-7H3,(H,39,42)/b30-16+/t32-/m1/s1. The summed E-state index contributed by atoms with van der Waals surface area (Å²) in [6, 6.07) is 18.1. The maximum atomic E-state index is 14.4. The molecule has 0 saturated heterocycles. The number of rotatable bonds is 7. The summed E-state index contributed by atoms with van der Waals surface area (Å²) < 4.78 is 15.3. The smallest absolute Gasteiger partial charge is 0.271 e. The number of allylic oxidation sites excluding steroid dienone is 1. The second-order valence-corrected chi connectivity index (χ2v) is 13.5. The van der Waals surface area contributed by atoms with Crippen LogP contribution in [0.15, 0.2) is 75.7 Å². The van der Waals surface area contributed by atoms with Crippen molar-refractivity contribution in [2.45, 2.75) is 40.7 Å². The lowest BCUT2D eigenvalue weighted by atomic mass is 9.94. The number of fused-ring (bicyclic) bond motifs is 1. The minimum Gasteiger partial charge on any atom is -0.497 e. The van der Waals surface area contributed by atoms with Crippen molar-refractivity contribution >= 4 is 40.3 Å². The van der Waals surface area contributed by atoms with Crippen molar-refractivity contribution in [1.82, 2.24) is 9.13 Å².